The number of ether oxygens (including phenoxy) is 1. The number of esters is 1. The first kappa shape index (κ1) is 13.8. The predicted octanol–water partition coefficient (Wildman–Crippen LogP) is 2.10. The van der Waals surface area contributed by atoms with Gasteiger partial charge < -0.3 is 9.22 Å². The molecule has 3 aliphatic heterocycles. The van der Waals surface area contributed by atoms with E-state index in [0.717, 1.165) is 41.8 Å². The number of carbonyl (C=O) groups excluding carboxylic acids is 2. The molecular weight excluding hydrogens is 274 g/mol. The molecule has 0 spiro atoms. The first-order valence-electron chi connectivity index (χ1n) is 7.17. The van der Waals surface area contributed by atoms with E-state index < -0.39 is 0 Å². The highest BCUT2D eigenvalue weighted by Crippen LogP contribution is 2.35. The largest absolute Gasteiger partial charge is 0.456 e. The van der Waals surface area contributed by atoms with Crippen molar-refractivity contribution in [2.24, 2.45) is 5.92 Å². The Morgan fingerprint density at radius 3 is 2.75 bits per heavy atom. The third-order valence-corrected chi connectivity index (χ3v) is 5.54. The summed E-state index contributed by atoms with van der Waals surface area (Å²) in [6.07, 6.45) is 2.14. The quantitative estimate of drug-likeness (QED) is 0.485. The molecule has 2 bridgehead atoms. The van der Waals surface area contributed by atoms with E-state index in [1.165, 1.54) is 18.3 Å². The summed E-state index contributed by atoms with van der Waals surface area (Å²) in [5.74, 6) is 0.518. The van der Waals surface area contributed by atoms with Crippen LogP contribution in [0.5, 0.6) is 0 Å². The zero-order valence-corrected chi connectivity index (χ0v) is 12.5. The van der Waals surface area contributed by atoms with Crippen molar-refractivity contribution in [3.63, 3.8) is 0 Å². The van der Waals surface area contributed by atoms with Crippen molar-refractivity contribution in [2.45, 2.75) is 25.9 Å². The number of rotatable bonds is 4. The molecule has 1 aromatic heterocycles. The Morgan fingerprint density at radius 1 is 1.40 bits per heavy atom. The number of hydrogen-bond donors (Lipinski definition) is 0. The van der Waals surface area contributed by atoms with Crippen LogP contribution in [0.15, 0.2) is 17.5 Å². The Kier molecular flexibility index (Phi) is 3.65. The van der Waals surface area contributed by atoms with Gasteiger partial charge in [-0.15, -0.1) is 11.3 Å². The summed E-state index contributed by atoms with van der Waals surface area (Å²) in [4.78, 5) is 24.4. The average Bonchev–Trinajstić information content (AvgIpc) is 2.92. The van der Waals surface area contributed by atoms with Gasteiger partial charge in [0, 0.05) is 25.7 Å². The van der Waals surface area contributed by atoms with Crippen molar-refractivity contribution in [1.29, 1.82) is 0 Å². The molecule has 3 fully saturated rings. The third-order valence-electron chi connectivity index (χ3n) is 4.63. The first-order chi connectivity index (χ1) is 9.58. The lowest BCUT2D eigenvalue weighted by Crippen LogP contribution is -2.65. The number of hydrogen-bond acceptors (Lipinski definition) is 4. The van der Waals surface area contributed by atoms with E-state index in [2.05, 4.69) is 0 Å². The molecule has 1 atom stereocenters. The van der Waals surface area contributed by atoms with Gasteiger partial charge in [-0.3, -0.25) is 9.59 Å². The van der Waals surface area contributed by atoms with E-state index in [-0.39, 0.29) is 17.9 Å². The Morgan fingerprint density at radius 2 is 2.15 bits per heavy atom. The standard InChI is InChI=1S/C15H20NO3S/c1-11(17)19-14-10-16(6-4-12(14)5-7-16)9-13(18)15-3-2-8-20-15/h2-3,8,12,14H,4-7,9-10H2,1H3/q+1/t12?,14-,16?/m0/s1. The highest BCUT2D eigenvalue weighted by Gasteiger charge is 2.48. The molecule has 0 unspecified atom stereocenters. The minimum Gasteiger partial charge on any atom is -0.456 e. The van der Waals surface area contributed by atoms with Crippen molar-refractivity contribution in [3.05, 3.63) is 22.4 Å². The summed E-state index contributed by atoms with van der Waals surface area (Å²) in [5.41, 5.74) is 0. The molecule has 5 heteroatoms. The smallest absolute Gasteiger partial charge is 0.303 e. The zero-order valence-electron chi connectivity index (χ0n) is 11.7. The van der Waals surface area contributed by atoms with Gasteiger partial charge in [0.2, 0.25) is 5.78 Å². The van der Waals surface area contributed by atoms with Crippen molar-refractivity contribution in [1.82, 2.24) is 0 Å². The highest BCUT2D eigenvalue weighted by atomic mass is 32.1. The summed E-state index contributed by atoms with van der Waals surface area (Å²) in [5, 5.41) is 1.94. The van der Waals surface area contributed by atoms with Crippen molar-refractivity contribution >= 4 is 23.1 Å². The first-order valence-corrected chi connectivity index (χ1v) is 8.05. The van der Waals surface area contributed by atoms with Crippen LogP contribution in [-0.2, 0) is 9.53 Å². The summed E-state index contributed by atoms with van der Waals surface area (Å²) in [7, 11) is 0. The molecule has 1 aromatic rings. The fraction of sp³-hybridized carbons (Fsp3) is 0.600. The van der Waals surface area contributed by atoms with E-state index in [0.29, 0.717) is 12.5 Å². The minimum atomic E-state index is -0.202. The van der Waals surface area contributed by atoms with E-state index in [1.807, 2.05) is 17.5 Å². The van der Waals surface area contributed by atoms with Gasteiger partial charge in [-0.1, -0.05) is 6.07 Å². The van der Waals surface area contributed by atoms with E-state index in [1.54, 1.807) is 0 Å². The Hall–Kier alpha value is -1.20. The highest BCUT2D eigenvalue weighted by molar-refractivity contribution is 7.12. The van der Waals surface area contributed by atoms with Gasteiger partial charge in [0.15, 0.2) is 6.10 Å². The van der Waals surface area contributed by atoms with Gasteiger partial charge in [-0.25, -0.2) is 0 Å². The average molecular weight is 294 g/mol. The molecule has 4 rings (SSSR count). The Balaban J connectivity index is 1.71. The number of ketones is 1. The van der Waals surface area contributed by atoms with Crippen molar-refractivity contribution in [3.8, 4) is 0 Å². The monoisotopic (exact) mass is 294 g/mol. The molecule has 0 saturated carbocycles. The number of thiophene rings is 1. The summed E-state index contributed by atoms with van der Waals surface area (Å²) >= 11 is 1.51. The van der Waals surface area contributed by atoms with Crippen LogP contribution in [0.2, 0.25) is 0 Å². The van der Waals surface area contributed by atoms with Gasteiger partial charge in [0.25, 0.3) is 0 Å². The molecule has 4 heterocycles. The van der Waals surface area contributed by atoms with Gasteiger partial charge in [-0.2, -0.15) is 0 Å². The van der Waals surface area contributed by atoms with Crippen LogP contribution in [0.25, 0.3) is 0 Å². The maximum atomic E-state index is 12.4. The summed E-state index contributed by atoms with van der Waals surface area (Å²) in [6.45, 7) is 4.91. The second-order valence-corrected chi connectivity index (χ2v) is 6.96. The lowest BCUT2D eigenvalue weighted by molar-refractivity contribution is -0.938. The van der Waals surface area contributed by atoms with Gasteiger partial charge in [0.1, 0.15) is 13.1 Å². The van der Waals surface area contributed by atoms with Crippen LogP contribution < -0.4 is 0 Å². The van der Waals surface area contributed by atoms with Gasteiger partial charge in [0.05, 0.1) is 18.0 Å². The molecule has 108 valence electrons. The van der Waals surface area contributed by atoms with Crippen molar-refractivity contribution < 1.29 is 18.8 Å². The number of quaternary nitrogens is 1. The number of fused-ring (bicyclic) bond motifs is 3. The SMILES string of the molecule is CC(=O)O[C@H]1C[N+]2(CC(=O)c3cccs3)CCC1CC2. The molecule has 0 N–H and O–H groups in total. The number of piperidine rings is 3. The number of carbonyl (C=O) groups is 2. The van der Waals surface area contributed by atoms with E-state index >= 15 is 0 Å². The van der Waals surface area contributed by atoms with Crippen LogP contribution in [0.1, 0.15) is 29.4 Å². The van der Waals surface area contributed by atoms with Crippen LogP contribution in [0.3, 0.4) is 0 Å². The molecule has 0 radical (unpaired) electrons. The Labute approximate surface area is 122 Å². The molecule has 3 saturated heterocycles. The second kappa shape index (κ2) is 5.30. The summed E-state index contributed by atoms with van der Waals surface area (Å²) in [6, 6.07) is 3.81. The van der Waals surface area contributed by atoms with Gasteiger partial charge in [-0.05, 0) is 11.4 Å². The second-order valence-electron chi connectivity index (χ2n) is 6.02. The fourth-order valence-corrected chi connectivity index (χ4v) is 4.27. The maximum Gasteiger partial charge on any atom is 0.303 e. The number of Topliss-reactive ketones (excluding diaryl/α,β-unsaturated/α-hetero) is 1. The maximum absolute atomic E-state index is 12.4. The third kappa shape index (κ3) is 2.65. The summed E-state index contributed by atoms with van der Waals surface area (Å²) < 4.78 is 6.26. The molecule has 4 nitrogen and oxygen atoms in total. The topological polar surface area (TPSA) is 43.4 Å². The molecule has 3 aliphatic rings. The lowest BCUT2D eigenvalue weighted by Gasteiger charge is -2.51. The molecule has 0 aliphatic carbocycles. The van der Waals surface area contributed by atoms with Crippen LogP contribution in [0.4, 0.5) is 0 Å². The molecule has 0 aromatic carbocycles. The fourth-order valence-electron chi connectivity index (χ4n) is 3.61. The predicted molar refractivity (Wildman–Crippen MR) is 76.7 cm³/mol. The van der Waals surface area contributed by atoms with Crippen LogP contribution in [0, 0.1) is 5.92 Å². The minimum absolute atomic E-state index is 0.00568. The van der Waals surface area contributed by atoms with E-state index in [9.17, 15) is 9.59 Å². The molecule has 0 amide bonds. The molecular formula is C15H20NO3S+. The Bertz CT molecular complexity index is 503. The van der Waals surface area contributed by atoms with Crippen molar-refractivity contribution in [2.75, 3.05) is 26.2 Å². The van der Waals surface area contributed by atoms with Crippen LogP contribution in [-0.4, -0.2) is 48.5 Å². The number of nitrogens with zero attached hydrogens (tertiary/aromatic N) is 1. The van der Waals surface area contributed by atoms with Crippen LogP contribution >= 0.6 is 11.3 Å². The van der Waals surface area contributed by atoms with Gasteiger partial charge >= 0.3 is 5.97 Å². The lowest BCUT2D eigenvalue weighted by atomic mass is 9.83. The molecule has 20 heavy (non-hydrogen) atoms. The zero-order chi connectivity index (χ0) is 14.2. The van der Waals surface area contributed by atoms with E-state index in [4.69, 9.17) is 4.74 Å². The normalized spacial score (nSPS) is 32.0.